The number of nitro groups is 1. The normalized spacial score (nSPS) is 11.1. The number of ether oxygens (including phenoxy) is 2. The van der Waals surface area contributed by atoms with E-state index < -0.39 is 4.92 Å². The van der Waals surface area contributed by atoms with Crippen LogP contribution >= 0.6 is 11.3 Å². The van der Waals surface area contributed by atoms with Crippen LogP contribution in [0.2, 0.25) is 0 Å². The molecule has 3 aromatic rings. The van der Waals surface area contributed by atoms with Crippen LogP contribution in [0.25, 0.3) is 11.6 Å². The van der Waals surface area contributed by atoms with Gasteiger partial charge in [0.2, 0.25) is 5.75 Å². The Morgan fingerprint density at radius 2 is 2.13 bits per heavy atom. The summed E-state index contributed by atoms with van der Waals surface area (Å²) in [5.74, 6) is 0.264. The smallest absolute Gasteiger partial charge is 0.315 e. The number of hydrogen-bond acceptors (Lipinski definition) is 7. The average Bonchev–Trinajstić information content (AvgIpc) is 3.16. The van der Waals surface area contributed by atoms with Crippen LogP contribution < -0.4 is 9.47 Å². The van der Waals surface area contributed by atoms with Gasteiger partial charge < -0.3 is 9.47 Å². The molecule has 0 saturated carbocycles. The minimum absolute atomic E-state index is 0.0461. The number of allylic oxidation sites excluding steroid dienone is 1. The molecule has 7 nitrogen and oxygen atoms in total. The maximum atomic E-state index is 11.7. The van der Waals surface area contributed by atoms with Crippen LogP contribution in [-0.2, 0) is 6.61 Å². The highest BCUT2D eigenvalue weighted by atomic mass is 32.1. The molecule has 0 aliphatic heterocycles. The Morgan fingerprint density at radius 3 is 2.73 bits per heavy atom. The van der Waals surface area contributed by atoms with Crippen LogP contribution in [0.15, 0.2) is 41.8 Å². The van der Waals surface area contributed by atoms with Gasteiger partial charge in [0.05, 0.1) is 17.6 Å². The lowest BCUT2D eigenvalue weighted by atomic mass is 10.1. The van der Waals surface area contributed by atoms with Crippen molar-refractivity contribution in [3.8, 4) is 17.6 Å². The molecule has 0 spiro atoms. The monoisotopic (exact) mass is 421 g/mol. The maximum absolute atomic E-state index is 11.7. The zero-order valence-electron chi connectivity index (χ0n) is 16.7. The van der Waals surface area contributed by atoms with E-state index in [1.807, 2.05) is 43.5 Å². The van der Waals surface area contributed by atoms with E-state index in [0.29, 0.717) is 16.1 Å². The molecule has 8 heteroatoms. The Bertz CT molecular complexity index is 1160. The minimum Gasteiger partial charge on any atom is -0.493 e. The second kappa shape index (κ2) is 9.20. The Morgan fingerprint density at radius 1 is 1.33 bits per heavy atom. The van der Waals surface area contributed by atoms with Crippen molar-refractivity contribution in [3.63, 3.8) is 0 Å². The summed E-state index contributed by atoms with van der Waals surface area (Å²) in [5, 5.41) is 23.6. The largest absolute Gasteiger partial charge is 0.493 e. The third-order valence-electron chi connectivity index (χ3n) is 4.22. The van der Waals surface area contributed by atoms with Gasteiger partial charge in [0.25, 0.3) is 0 Å². The van der Waals surface area contributed by atoms with Crippen molar-refractivity contribution in [2.45, 2.75) is 20.5 Å². The van der Waals surface area contributed by atoms with E-state index in [0.717, 1.165) is 16.8 Å². The number of hydrogen-bond donors (Lipinski definition) is 0. The molecule has 0 saturated heterocycles. The van der Waals surface area contributed by atoms with E-state index in [2.05, 4.69) is 11.1 Å². The molecule has 0 unspecified atom stereocenters. The zero-order valence-corrected chi connectivity index (χ0v) is 17.5. The first-order valence-electron chi connectivity index (χ1n) is 9.00. The second-order valence-electron chi connectivity index (χ2n) is 6.57. The van der Waals surface area contributed by atoms with Crippen LogP contribution in [-0.4, -0.2) is 17.0 Å². The summed E-state index contributed by atoms with van der Waals surface area (Å²) in [7, 11) is 1.42. The molecule has 0 N–H and O–H groups in total. The molecule has 0 fully saturated rings. The van der Waals surface area contributed by atoms with Crippen molar-refractivity contribution in [2.75, 3.05) is 7.11 Å². The van der Waals surface area contributed by atoms with Crippen molar-refractivity contribution < 1.29 is 14.4 Å². The summed E-state index contributed by atoms with van der Waals surface area (Å²) >= 11 is 1.34. The molecule has 1 aromatic heterocycles. The highest BCUT2D eigenvalue weighted by molar-refractivity contribution is 7.11. The van der Waals surface area contributed by atoms with E-state index in [-0.39, 0.29) is 23.8 Å². The van der Waals surface area contributed by atoms with Gasteiger partial charge in [-0.1, -0.05) is 29.8 Å². The number of thiazole rings is 1. The Kier molecular flexibility index (Phi) is 6.45. The first-order valence-corrected chi connectivity index (χ1v) is 9.88. The summed E-state index contributed by atoms with van der Waals surface area (Å²) in [6, 6.07) is 12.8. The van der Waals surface area contributed by atoms with Gasteiger partial charge in [-0.25, -0.2) is 4.98 Å². The highest BCUT2D eigenvalue weighted by Crippen LogP contribution is 2.39. The van der Waals surface area contributed by atoms with Crippen molar-refractivity contribution >= 4 is 28.7 Å². The predicted molar refractivity (Wildman–Crippen MR) is 115 cm³/mol. The van der Waals surface area contributed by atoms with E-state index in [1.165, 1.54) is 24.5 Å². The molecule has 0 amide bonds. The summed E-state index contributed by atoms with van der Waals surface area (Å²) in [6.45, 7) is 3.96. The molecule has 1 heterocycles. The van der Waals surface area contributed by atoms with Gasteiger partial charge >= 0.3 is 5.69 Å². The van der Waals surface area contributed by atoms with E-state index in [4.69, 9.17) is 9.47 Å². The van der Waals surface area contributed by atoms with E-state index >= 15 is 0 Å². The molecule has 152 valence electrons. The number of aryl methyl sites for hydroxylation is 2. The summed E-state index contributed by atoms with van der Waals surface area (Å²) in [6.07, 6.45) is 1.55. The van der Waals surface area contributed by atoms with Crippen LogP contribution in [0.4, 0.5) is 5.69 Å². The fourth-order valence-electron chi connectivity index (χ4n) is 2.87. The molecule has 2 aromatic carbocycles. The quantitative estimate of drug-likeness (QED) is 0.291. The van der Waals surface area contributed by atoms with Gasteiger partial charge in [0.15, 0.2) is 5.75 Å². The fraction of sp³-hybridized carbons (Fsp3) is 0.182. The number of nitrogens with zero attached hydrogens (tertiary/aromatic N) is 3. The van der Waals surface area contributed by atoms with Crippen molar-refractivity contribution in [3.05, 3.63) is 79.3 Å². The molecular formula is C22H19N3O4S. The lowest BCUT2D eigenvalue weighted by Crippen LogP contribution is -2.02. The third-order valence-corrected chi connectivity index (χ3v) is 5.21. The van der Waals surface area contributed by atoms with Gasteiger partial charge in [-0.05, 0) is 37.1 Å². The van der Waals surface area contributed by atoms with Crippen molar-refractivity contribution in [1.82, 2.24) is 4.98 Å². The van der Waals surface area contributed by atoms with E-state index in [9.17, 15) is 15.4 Å². The van der Waals surface area contributed by atoms with Crippen LogP contribution in [0.5, 0.6) is 11.5 Å². The minimum atomic E-state index is -0.523. The second-order valence-corrected chi connectivity index (χ2v) is 7.43. The lowest BCUT2D eigenvalue weighted by molar-refractivity contribution is -0.386. The van der Waals surface area contributed by atoms with Crippen molar-refractivity contribution in [1.29, 1.82) is 5.26 Å². The molecule has 0 atom stereocenters. The molecule has 3 rings (SSSR count). The molecule has 0 aliphatic rings. The lowest BCUT2D eigenvalue weighted by Gasteiger charge is -2.12. The molecule has 0 bridgehead atoms. The standard InChI is InChI=1S/C22H19N3O4S/c1-14-5-4-6-16(7-14)12-29-21-19(25(26)27)9-17(10-20(21)28-3)8-18(11-23)22-24-15(2)13-30-22/h4-10,13H,12H2,1-3H3/b18-8-. The van der Waals surface area contributed by atoms with Gasteiger partial charge in [-0.2, -0.15) is 5.26 Å². The van der Waals surface area contributed by atoms with Crippen molar-refractivity contribution in [2.24, 2.45) is 0 Å². The Balaban J connectivity index is 2.00. The first-order chi connectivity index (χ1) is 14.4. The molecule has 30 heavy (non-hydrogen) atoms. The van der Waals surface area contributed by atoms with Gasteiger partial charge in [0.1, 0.15) is 17.7 Å². The number of benzene rings is 2. The first kappa shape index (κ1) is 21.0. The maximum Gasteiger partial charge on any atom is 0.315 e. The number of methoxy groups -OCH3 is 1. The number of nitriles is 1. The predicted octanol–water partition coefficient (Wildman–Crippen LogP) is 5.32. The summed E-state index contributed by atoms with van der Waals surface area (Å²) in [5.41, 5.74) is 3.30. The fourth-order valence-corrected chi connectivity index (χ4v) is 3.63. The van der Waals surface area contributed by atoms with Gasteiger partial charge in [0, 0.05) is 17.1 Å². The van der Waals surface area contributed by atoms with Gasteiger partial charge in [-0.15, -0.1) is 11.3 Å². The number of aromatic nitrogens is 1. The molecular weight excluding hydrogens is 402 g/mol. The number of nitro benzene ring substituents is 1. The molecule has 0 aliphatic carbocycles. The van der Waals surface area contributed by atoms with Crippen LogP contribution in [0.1, 0.15) is 27.4 Å². The highest BCUT2D eigenvalue weighted by Gasteiger charge is 2.22. The topological polar surface area (TPSA) is 98.3 Å². The van der Waals surface area contributed by atoms with Crippen LogP contribution in [0, 0.1) is 35.3 Å². The average molecular weight is 421 g/mol. The zero-order chi connectivity index (χ0) is 21.7. The molecule has 0 radical (unpaired) electrons. The summed E-state index contributed by atoms with van der Waals surface area (Å²) < 4.78 is 11.1. The SMILES string of the molecule is COc1cc(/C=C(/C#N)c2nc(C)cs2)cc([N+](=O)[O-])c1OCc1cccc(C)c1. The third kappa shape index (κ3) is 4.82. The Hall–Kier alpha value is -3.70. The Labute approximate surface area is 178 Å². The van der Waals surface area contributed by atoms with Crippen LogP contribution in [0.3, 0.4) is 0 Å². The van der Waals surface area contributed by atoms with Gasteiger partial charge in [-0.3, -0.25) is 10.1 Å². The van der Waals surface area contributed by atoms with E-state index in [1.54, 1.807) is 12.1 Å². The summed E-state index contributed by atoms with van der Waals surface area (Å²) in [4.78, 5) is 15.5. The number of rotatable bonds is 7.